The Hall–Kier alpha value is -0.280. The second-order valence-electron chi connectivity index (χ2n) is 5.23. The van der Waals surface area contributed by atoms with Gasteiger partial charge in [-0.25, -0.2) is 0 Å². The van der Waals surface area contributed by atoms with Gasteiger partial charge in [-0.05, 0) is 31.7 Å². The van der Waals surface area contributed by atoms with Gasteiger partial charge < -0.3 is 10.6 Å². The van der Waals surface area contributed by atoms with Gasteiger partial charge in [0, 0.05) is 6.54 Å². The monoisotopic (exact) mass is 260 g/mol. The van der Waals surface area contributed by atoms with Gasteiger partial charge in [-0.1, -0.05) is 32.1 Å². The fourth-order valence-electron chi connectivity index (χ4n) is 2.91. The second-order valence-corrected chi connectivity index (χ2v) is 5.23. The van der Waals surface area contributed by atoms with Crippen LogP contribution in [0.2, 0.25) is 0 Å². The Bertz CT molecular complexity index is 223. The van der Waals surface area contributed by atoms with Crippen LogP contribution in [0.4, 0.5) is 0 Å². The fourth-order valence-corrected chi connectivity index (χ4v) is 2.91. The van der Waals surface area contributed by atoms with E-state index in [-0.39, 0.29) is 24.4 Å². The molecule has 2 N–H and O–H groups in total. The highest BCUT2D eigenvalue weighted by molar-refractivity contribution is 5.85. The van der Waals surface area contributed by atoms with Gasteiger partial charge in [0.1, 0.15) is 0 Å². The first-order valence-electron chi connectivity index (χ1n) is 6.87. The molecule has 3 nitrogen and oxygen atoms in total. The lowest BCUT2D eigenvalue weighted by Gasteiger charge is -2.21. The lowest BCUT2D eigenvalue weighted by molar-refractivity contribution is -0.122. The number of carbonyl (C=O) groups is 1. The molecule has 0 spiro atoms. The molecule has 0 aromatic carbocycles. The van der Waals surface area contributed by atoms with E-state index in [0.717, 1.165) is 31.8 Å². The summed E-state index contributed by atoms with van der Waals surface area (Å²) in [5.41, 5.74) is 0. The molecule has 0 aromatic rings. The van der Waals surface area contributed by atoms with Gasteiger partial charge in [0.25, 0.3) is 0 Å². The minimum atomic E-state index is 0. The maximum atomic E-state index is 11.7. The first kappa shape index (κ1) is 14.8. The van der Waals surface area contributed by atoms with Crippen LogP contribution in [0, 0.1) is 5.92 Å². The Balaban J connectivity index is 0.00000144. The molecule has 1 saturated carbocycles. The van der Waals surface area contributed by atoms with Crippen LogP contribution in [0.25, 0.3) is 0 Å². The first-order valence-corrected chi connectivity index (χ1v) is 6.87. The van der Waals surface area contributed by atoms with Crippen molar-refractivity contribution in [2.24, 2.45) is 5.92 Å². The molecule has 2 aliphatic rings. The van der Waals surface area contributed by atoms with Crippen molar-refractivity contribution in [3.8, 4) is 0 Å². The summed E-state index contributed by atoms with van der Waals surface area (Å²) in [7, 11) is 0. The zero-order valence-corrected chi connectivity index (χ0v) is 11.4. The van der Waals surface area contributed by atoms with E-state index in [4.69, 9.17) is 0 Å². The van der Waals surface area contributed by atoms with Crippen LogP contribution >= 0.6 is 12.4 Å². The molecule has 0 unspecified atom stereocenters. The molecule has 0 radical (unpaired) electrons. The standard InChI is InChI=1S/C13H24N2O.ClH/c16-13(12-7-4-9-14-12)15-10-8-11-5-2-1-3-6-11;/h11-12,14H,1-10H2,(H,15,16);1H/t12-;/m0./s1. The van der Waals surface area contributed by atoms with Crippen LogP contribution in [0.3, 0.4) is 0 Å². The first-order chi connectivity index (χ1) is 7.86. The maximum Gasteiger partial charge on any atom is 0.237 e. The Morgan fingerprint density at radius 2 is 1.88 bits per heavy atom. The Morgan fingerprint density at radius 3 is 2.53 bits per heavy atom. The summed E-state index contributed by atoms with van der Waals surface area (Å²) in [5, 5.41) is 6.30. The van der Waals surface area contributed by atoms with Crippen LogP contribution in [0.15, 0.2) is 0 Å². The number of rotatable bonds is 4. The zero-order valence-electron chi connectivity index (χ0n) is 10.5. The lowest BCUT2D eigenvalue weighted by Crippen LogP contribution is -2.41. The SMILES string of the molecule is Cl.O=C(NCCC1CCCCC1)[C@@H]1CCCN1. The molecule has 1 atom stereocenters. The number of amides is 1. The minimum Gasteiger partial charge on any atom is -0.355 e. The average Bonchev–Trinajstić information content (AvgIpc) is 2.84. The van der Waals surface area contributed by atoms with E-state index in [0.29, 0.717) is 0 Å². The van der Waals surface area contributed by atoms with Crippen LogP contribution in [-0.4, -0.2) is 25.0 Å². The molecule has 0 aromatic heterocycles. The summed E-state index contributed by atoms with van der Waals surface area (Å²) in [6.07, 6.45) is 10.3. The van der Waals surface area contributed by atoms with Crippen molar-refractivity contribution in [1.82, 2.24) is 10.6 Å². The fraction of sp³-hybridized carbons (Fsp3) is 0.923. The zero-order chi connectivity index (χ0) is 11.2. The molecule has 1 heterocycles. The van der Waals surface area contributed by atoms with E-state index in [9.17, 15) is 4.79 Å². The quantitative estimate of drug-likeness (QED) is 0.814. The summed E-state index contributed by atoms with van der Waals surface area (Å²) in [6, 6.07) is 0.0892. The molecule has 1 aliphatic carbocycles. The molecule has 4 heteroatoms. The van der Waals surface area contributed by atoms with Gasteiger partial charge in [0.15, 0.2) is 0 Å². The molecule has 1 saturated heterocycles. The molecular formula is C13H25ClN2O. The van der Waals surface area contributed by atoms with Crippen molar-refractivity contribution in [3.05, 3.63) is 0 Å². The number of halogens is 1. The van der Waals surface area contributed by atoms with Crippen molar-refractivity contribution in [1.29, 1.82) is 0 Å². The van der Waals surface area contributed by atoms with E-state index in [1.165, 1.54) is 38.5 Å². The van der Waals surface area contributed by atoms with Crippen LogP contribution in [0.1, 0.15) is 51.4 Å². The molecule has 2 rings (SSSR count). The molecular weight excluding hydrogens is 236 g/mol. The third-order valence-corrected chi connectivity index (χ3v) is 3.95. The van der Waals surface area contributed by atoms with Crippen molar-refractivity contribution in [3.63, 3.8) is 0 Å². The van der Waals surface area contributed by atoms with E-state index in [1.54, 1.807) is 0 Å². The molecule has 0 bridgehead atoms. The van der Waals surface area contributed by atoms with Gasteiger partial charge >= 0.3 is 0 Å². The third kappa shape index (κ3) is 4.84. The van der Waals surface area contributed by atoms with Gasteiger partial charge in [-0.2, -0.15) is 0 Å². The number of hydrogen-bond acceptors (Lipinski definition) is 2. The summed E-state index contributed by atoms with van der Waals surface area (Å²) in [4.78, 5) is 11.7. The van der Waals surface area contributed by atoms with E-state index >= 15 is 0 Å². The predicted molar refractivity (Wildman–Crippen MR) is 72.5 cm³/mol. The topological polar surface area (TPSA) is 41.1 Å². The highest BCUT2D eigenvalue weighted by Crippen LogP contribution is 2.25. The van der Waals surface area contributed by atoms with Gasteiger partial charge in [-0.15, -0.1) is 12.4 Å². The van der Waals surface area contributed by atoms with Gasteiger partial charge in [-0.3, -0.25) is 4.79 Å². The molecule has 100 valence electrons. The molecule has 1 amide bonds. The average molecular weight is 261 g/mol. The van der Waals surface area contributed by atoms with Gasteiger partial charge in [0.2, 0.25) is 5.91 Å². The summed E-state index contributed by atoms with van der Waals surface area (Å²) >= 11 is 0. The van der Waals surface area contributed by atoms with E-state index < -0.39 is 0 Å². The highest BCUT2D eigenvalue weighted by Gasteiger charge is 2.21. The van der Waals surface area contributed by atoms with Crippen LogP contribution in [0.5, 0.6) is 0 Å². The van der Waals surface area contributed by atoms with Crippen LogP contribution in [-0.2, 0) is 4.79 Å². The van der Waals surface area contributed by atoms with E-state index in [1.807, 2.05) is 0 Å². The molecule has 2 fully saturated rings. The van der Waals surface area contributed by atoms with Crippen molar-refractivity contribution < 1.29 is 4.79 Å². The lowest BCUT2D eigenvalue weighted by atomic mass is 9.87. The largest absolute Gasteiger partial charge is 0.355 e. The number of nitrogens with one attached hydrogen (secondary N) is 2. The summed E-state index contributed by atoms with van der Waals surface area (Å²) in [6.45, 7) is 1.88. The second kappa shape index (κ2) is 7.93. The van der Waals surface area contributed by atoms with Crippen molar-refractivity contribution in [2.45, 2.75) is 57.4 Å². The summed E-state index contributed by atoms with van der Waals surface area (Å²) in [5.74, 6) is 1.08. The Kier molecular flexibility index (Phi) is 6.90. The van der Waals surface area contributed by atoms with Crippen molar-refractivity contribution >= 4 is 18.3 Å². The smallest absolute Gasteiger partial charge is 0.237 e. The van der Waals surface area contributed by atoms with Gasteiger partial charge in [0.05, 0.1) is 6.04 Å². The number of hydrogen-bond donors (Lipinski definition) is 2. The highest BCUT2D eigenvalue weighted by atomic mass is 35.5. The molecule has 17 heavy (non-hydrogen) atoms. The predicted octanol–water partition coefficient (Wildman–Crippen LogP) is 2.25. The van der Waals surface area contributed by atoms with Crippen molar-refractivity contribution in [2.75, 3.05) is 13.1 Å². The Morgan fingerprint density at radius 1 is 1.12 bits per heavy atom. The maximum absolute atomic E-state index is 11.7. The van der Waals surface area contributed by atoms with E-state index in [2.05, 4.69) is 10.6 Å². The third-order valence-electron chi connectivity index (χ3n) is 3.95. The number of carbonyl (C=O) groups excluding carboxylic acids is 1. The van der Waals surface area contributed by atoms with Crippen LogP contribution < -0.4 is 10.6 Å². The summed E-state index contributed by atoms with van der Waals surface area (Å²) < 4.78 is 0. The molecule has 1 aliphatic heterocycles. The minimum absolute atomic E-state index is 0. The normalized spacial score (nSPS) is 25.3. The Labute approximate surface area is 111 Å².